The molecule has 3 heterocycles. The van der Waals surface area contributed by atoms with Gasteiger partial charge in [0, 0.05) is 34.1 Å². The summed E-state index contributed by atoms with van der Waals surface area (Å²) in [6, 6.07) is 11.6. The molecule has 0 saturated carbocycles. The van der Waals surface area contributed by atoms with E-state index < -0.39 is 0 Å². The third-order valence-corrected chi connectivity index (χ3v) is 6.11. The van der Waals surface area contributed by atoms with Gasteiger partial charge in [0.1, 0.15) is 5.82 Å². The molecule has 158 valence electrons. The first-order chi connectivity index (χ1) is 14.6. The maximum atomic E-state index is 5.99. The number of ether oxygens (including phenoxy) is 1. The number of imidazole rings is 1. The van der Waals surface area contributed by atoms with Gasteiger partial charge in [-0.2, -0.15) is 0 Å². The molecular weight excluding hydrogens is 396 g/mol. The molecule has 3 aromatic rings. The van der Waals surface area contributed by atoms with Crippen molar-refractivity contribution in [2.45, 2.75) is 32.6 Å². The zero-order valence-electron chi connectivity index (χ0n) is 17.7. The molecule has 1 N–H and O–H groups in total. The van der Waals surface area contributed by atoms with Crippen LogP contribution in [0.4, 0.5) is 0 Å². The molecule has 0 spiro atoms. The highest BCUT2D eigenvalue weighted by Crippen LogP contribution is 2.27. The summed E-state index contributed by atoms with van der Waals surface area (Å²) in [6.45, 7) is 5.19. The zero-order valence-corrected chi connectivity index (χ0v) is 18.5. The lowest BCUT2D eigenvalue weighted by Crippen LogP contribution is -2.30. The van der Waals surface area contributed by atoms with Crippen LogP contribution < -0.4 is 4.74 Å². The summed E-state index contributed by atoms with van der Waals surface area (Å²) in [5, 5.41) is 0.721. The largest absolute Gasteiger partial charge is 0.478 e. The molecule has 0 bridgehead atoms. The fourth-order valence-electron chi connectivity index (χ4n) is 3.99. The van der Waals surface area contributed by atoms with Crippen molar-refractivity contribution in [2.75, 3.05) is 26.7 Å². The molecule has 0 aliphatic carbocycles. The second kappa shape index (κ2) is 9.63. The summed E-state index contributed by atoms with van der Waals surface area (Å²) < 4.78 is 5.85. The molecular formula is C24H29ClN4O. The van der Waals surface area contributed by atoms with E-state index in [4.69, 9.17) is 21.3 Å². The number of benzene rings is 1. The number of pyridine rings is 1. The van der Waals surface area contributed by atoms with Gasteiger partial charge in [-0.1, -0.05) is 23.7 Å². The van der Waals surface area contributed by atoms with E-state index in [0.29, 0.717) is 5.88 Å². The SMILES string of the molecule is Cc1[nH]c(-c2ccc(OCCCC3CCN(C)CC3)nc2)nc1-c1ccc(Cl)cc1. The van der Waals surface area contributed by atoms with Gasteiger partial charge in [0.15, 0.2) is 0 Å². The lowest BCUT2D eigenvalue weighted by atomic mass is 9.93. The van der Waals surface area contributed by atoms with Crippen molar-refractivity contribution < 1.29 is 4.74 Å². The van der Waals surface area contributed by atoms with Crippen LogP contribution in [0.3, 0.4) is 0 Å². The first kappa shape index (κ1) is 20.9. The summed E-state index contributed by atoms with van der Waals surface area (Å²) >= 11 is 5.99. The summed E-state index contributed by atoms with van der Waals surface area (Å²) in [7, 11) is 2.21. The lowest BCUT2D eigenvalue weighted by Gasteiger charge is -2.28. The van der Waals surface area contributed by atoms with Crippen LogP contribution in [-0.4, -0.2) is 46.6 Å². The highest BCUT2D eigenvalue weighted by atomic mass is 35.5. The lowest BCUT2D eigenvalue weighted by molar-refractivity contribution is 0.199. The molecule has 0 amide bonds. The number of aryl methyl sites for hydroxylation is 1. The van der Waals surface area contributed by atoms with E-state index in [1.807, 2.05) is 49.5 Å². The molecule has 6 heteroatoms. The second-order valence-electron chi connectivity index (χ2n) is 8.19. The van der Waals surface area contributed by atoms with Gasteiger partial charge in [-0.05, 0) is 76.9 Å². The molecule has 0 radical (unpaired) electrons. The van der Waals surface area contributed by atoms with Crippen LogP contribution in [0.2, 0.25) is 5.02 Å². The van der Waals surface area contributed by atoms with E-state index in [-0.39, 0.29) is 0 Å². The van der Waals surface area contributed by atoms with Crippen LogP contribution in [0.15, 0.2) is 42.6 Å². The van der Waals surface area contributed by atoms with Crippen LogP contribution in [-0.2, 0) is 0 Å². The van der Waals surface area contributed by atoms with Crippen molar-refractivity contribution >= 4 is 11.6 Å². The molecule has 1 fully saturated rings. The maximum absolute atomic E-state index is 5.99. The van der Waals surface area contributed by atoms with Gasteiger partial charge in [-0.3, -0.25) is 0 Å². The number of halogens is 1. The van der Waals surface area contributed by atoms with Crippen molar-refractivity contribution in [1.82, 2.24) is 19.9 Å². The molecule has 0 atom stereocenters. The van der Waals surface area contributed by atoms with Crippen LogP contribution in [0.25, 0.3) is 22.6 Å². The Hall–Kier alpha value is -2.37. The van der Waals surface area contributed by atoms with Crippen molar-refractivity contribution in [3.05, 3.63) is 53.3 Å². The van der Waals surface area contributed by atoms with Crippen LogP contribution >= 0.6 is 11.6 Å². The first-order valence-electron chi connectivity index (χ1n) is 10.7. The van der Waals surface area contributed by atoms with Crippen LogP contribution in [0, 0.1) is 12.8 Å². The predicted octanol–water partition coefficient (Wildman–Crippen LogP) is 5.60. The van der Waals surface area contributed by atoms with Gasteiger partial charge in [0.05, 0.1) is 12.3 Å². The van der Waals surface area contributed by atoms with Gasteiger partial charge in [0.25, 0.3) is 0 Å². The Bertz CT molecular complexity index is 944. The second-order valence-corrected chi connectivity index (χ2v) is 8.62. The average Bonchev–Trinajstić information content (AvgIpc) is 3.15. The molecule has 4 rings (SSSR count). The molecule has 1 aromatic carbocycles. The van der Waals surface area contributed by atoms with Gasteiger partial charge >= 0.3 is 0 Å². The summed E-state index contributed by atoms with van der Waals surface area (Å²) in [5.41, 5.74) is 3.92. The smallest absolute Gasteiger partial charge is 0.213 e. The Morgan fingerprint density at radius 3 is 2.53 bits per heavy atom. The Morgan fingerprint density at radius 1 is 1.10 bits per heavy atom. The van der Waals surface area contributed by atoms with Gasteiger partial charge < -0.3 is 14.6 Å². The molecule has 1 saturated heterocycles. The number of aromatic nitrogens is 3. The molecule has 0 unspecified atom stereocenters. The number of nitrogens with one attached hydrogen (secondary N) is 1. The minimum atomic E-state index is 0.670. The van der Waals surface area contributed by atoms with Crippen LogP contribution in [0.1, 0.15) is 31.4 Å². The van der Waals surface area contributed by atoms with Crippen molar-refractivity contribution in [2.24, 2.45) is 5.92 Å². The quantitative estimate of drug-likeness (QED) is 0.501. The number of hydrogen-bond acceptors (Lipinski definition) is 4. The van der Waals surface area contributed by atoms with E-state index in [0.717, 1.165) is 52.3 Å². The Kier molecular flexibility index (Phi) is 6.70. The van der Waals surface area contributed by atoms with E-state index in [2.05, 4.69) is 21.9 Å². The molecule has 2 aromatic heterocycles. The van der Waals surface area contributed by atoms with Crippen molar-refractivity contribution in [3.63, 3.8) is 0 Å². The van der Waals surface area contributed by atoms with Crippen LogP contribution in [0.5, 0.6) is 5.88 Å². The summed E-state index contributed by atoms with van der Waals surface area (Å²) in [4.78, 5) is 15.0. The molecule has 1 aliphatic heterocycles. The topological polar surface area (TPSA) is 54.0 Å². The minimum Gasteiger partial charge on any atom is -0.478 e. The van der Waals surface area contributed by atoms with E-state index in [9.17, 15) is 0 Å². The Labute approximate surface area is 183 Å². The summed E-state index contributed by atoms with van der Waals surface area (Å²) in [6.07, 6.45) is 6.76. The number of piperidine rings is 1. The van der Waals surface area contributed by atoms with Crippen molar-refractivity contribution in [1.29, 1.82) is 0 Å². The Morgan fingerprint density at radius 2 is 1.83 bits per heavy atom. The van der Waals surface area contributed by atoms with E-state index >= 15 is 0 Å². The third-order valence-electron chi connectivity index (χ3n) is 5.86. The number of likely N-dealkylation sites (tertiary alicyclic amines) is 1. The molecule has 5 nitrogen and oxygen atoms in total. The molecule has 30 heavy (non-hydrogen) atoms. The van der Waals surface area contributed by atoms with E-state index in [1.165, 1.54) is 32.4 Å². The predicted molar refractivity (Wildman–Crippen MR) is 122 cm³/mol. The molecule has 1 aliphatic rings. The van der Waals surface area contributed by atoms with Gasteiger partial charge in [-0.25, -0.2) is 9.97 Å². The van der Waals surface area contributed by atoms with Crippen molar-refractivity contribution in [3.8, 4) is 28.5 Å². The fourth-order valence-corrected chi connectivity index (χ4v) is 4.12. The van der Waals surface area contributed by atoms with E-state index in [1.54, 1.807) is 0 Å². The maximum Gasteiger partial charge on any atom is 0.213 e. The normalized spacial score (nSPS) is 15.4. The average molecular weight is 425 g/mol. The standard InChI is InChI=1S/C24H29ClN4O/c1-17-23(19-5-8-21(25)9-6-19)28-24(27-17)20-7-10-22(26-16-20)30-15-3-4-18-11-13-29(2)14-12-18/h5-10,16,18H,3-4,11-15H2,1-2H3,(H,27,28). The third kappa shape index (κ3) is 5.21. The minimum absolute atomic E-state index is 0.670. The number of nitrogens with zero attached hydrogens (tertiary/aromatic N) is 3. The first-order valence-corrected chi connectivity index (χ1v) is 11.1. The fraction of sp³-hybridized carbons (Fsp3) is 0.417. The number of hydrogen-bond donors (Lipinski definition) is 1. The van der Waals surface area contributed by atoms with Gasteiger partial charge in [0.2, 0.25) is 5.88 Å². The number of H-pyrrole nitrogens is 1. The summed E-state index contributed by atoms with van der Waals surface area (Å²) in [5.74, 6) is 2.32. The zero-order chi connectivity index (χ0) is 20.9. The number of rotatable bonds is 7. The van der Waals surface area contributed by atoms with Gasteiger partial charge in [-0.15, -0.1) is 0 Å². The highest BCUT2D eigenvalue weighted by molar-refractivity contribution is 6.30. The monoisotopic (exact) mass is 424 g/mol. The highest BCUT2D eigenvalue weighted by Gasteiger charge is 2.16. The Balaban J connectivity index is 1.31. The number of aromatic amines is 1.